The number of carbonyl (C=O) groups excluding carboxylic acids is 1. The van der Waals surface area contributed by atoms with Gasteiger partial charge in [-0.15, -0.1) is 0 Å². The van der Waals surface area contributed by atoms with Crippen molar-refractivity contribution in [1.29, 1.82) is 0 Å². The Balaban J connectivity index is 2.01. The van der Waals surface area contributed by atoms with Crippen molar-refractivity contribution in [1.82, 2.24) is 0 Å². The van der Waals surface area contributed by atoms with E-state index in [-0.39, 0.29) is 5.78 Å². The molecular formula is C20H15ClO2. The topological polar surface area (TPSA) is 26.3 Å². The summed E-state index contributed by atoms with van der Waals surface area (Å²) in [5.74, 6) is 0.489. The van der Waals surface area contributed by atoms with Crippen LogP contribution in [0.4, 0.5) is 0 Å². The van der Waals surface area contributed by atoms with E-state index >= 15 is 0 Å². The van der Waals surface area contributed by atoms with Crippen LogP contribution < -0.4 is 4.74 Å². The zero-order valence-electron chi connectivity index (χ0n) is 12.6. The van der Waals surface area contributed by atoms with Crippen LogP contribution in [0.3, 0.4) is 0 Å². The highest BCUT2D eigenvalue weighted by Gasteiger charge is 2.13. The van der Waals surface area contributed by atoms with Crippen LogP contribution in [0.2, 0.25) is 5.02 Å². The summed E-state index contributed by atoms with van der Waals surface area (Å²) in [5.41, 5.74) is 1.50. The van der Waals surface area contributed by atoms with E-state index in [1.54, 1.807) is 31.4 Å². The van der Waals surface area contributed by atoms with Gasteiger partial charge in [0.25, 0.3) is 0 Å². The van der Waals surface area contributed by atoms with Crippen LogP contribution in [0.15, 0.2) is 66.7 Å². The Kier molecular flexibility index (Phi) is 4.45. The number of halogens is 1. The fourth-order valence-electron chi connectivity index (χ4n) is 2.50. The molecule has 0 N–H and O–H groups in total. The Morgan fingerprint density at radius 1 is 1.00 bits per heavy atom. The molecule has 0 spiro atoms. The maximum Gasteiger partial charge on any atom is 0.190 e. The van der Waals surface area contributed by atoms with Crippen LogP contribution in [0.25, 0.3) is 16.8 Å². The minimum atomic E-state index is -0.0893. The normalized spacial score (nSPS) is 11.0. The number of methoxy groups -OCH3 is 1. The molecule has 0 atom stereocenters. The van der Waals surface area contributed by atoms with Gasteiger partial charge in [0, 0.05) is 5.02 Å². The number of hydrogen-bond donors (Lipinski definition) is 0. The van der Waals surface area contributed by atoms with E-state index < -0.39 is 0 Å². The van der Waals surface area contributed by atoms with Gasteiger partial charge in [-0.1, -0.05) is 60.1 Å². The Morgan fingerprint density at radius 3 is 2.48 bits per heavy atom. The molecule has 0 aliphatic heterocycles. The van der Waals surface area contributed by atoms with Crippen LogP contribution in [-0.4, -0.2) is 12.9 Å². The molecule has 3 rings (SSSR count). The first-order chi connectivity index (χ1) is 11.2. The summed E-state index contributed by atoms with van der Waals surface area (Å²) in [6.45, 7) is 0. The number of ketones is 1. The van der Waals surface area contributed by atoms with Gasteiger partial charge >= 0.3 is 0 Å². The highest BCUT2D eigenvalue weighted by atomic mass is 35.5. The number of rotatable bonds is 4. The predicted molar refractivity (Wildman–Crippen MR) is 95.3 cm³/mol. The molecule has 0 bridgehead atoms. The van der Waals surface area contributed by atoms with Gasteiger partial charge < -0.3 is 4.74 Å². The highest BCUT2D eigenvalue weighted by Crippen LogP contribution is 2.28. The number of ether oxygens (including phenoxy) is 1. The summed E-state index contributed by atoms with van der Waals surface area (Å²) in [5, 5.41) is 2.57. The minimum Gasteiger partial charge on any atom is -0.496 e. The molecule has 0 amide bonds. The van der Waals surface area contributed by atoms with E-state index in [1.165, 1.54) is 0 Å². The molecule has 23 heavy (non-hydrogen) atoms. The zero-order chi connectivity index (χ0) is 16.2. The third-order valence-electron chi connectivity index (χ3n) is 3.65. The van der Waals surface area contributed by atoms with E-state index in [0.29, 0.717) is 16.3 Å². The Bertz CT molecular complexity index is 880. The van der Waals surface area contributed by atoms with Crippen LogP contribution in [0, 0.1) is 0 Å². The summed E-state index contributed by atoms with van der Waals surface area (Å²) in [6, 6.07) is 18.9. The van der Waals surface area contributed by atoms with Gasteiger partial charge in [0.1, 0.15) is 5.75 Å². The summed E-state index contributed by atoms with van der Waals surface area (Å²) in [7, 11) is 1.57. The van der Waals surface area contributed by atoms with Gasteiger partial charge in [0.2, 0.25) is 0 Å². The second-order valence-corrected chi connectivity index (χ2v) is 5.55. The van der Waals surface area contributed by atoms with Crippen LogP contribution in [0.1, 0.15) is 15.9 Å². The highest BCUT2D eigenvalue weighted by molar-refractivity contribution is 6.30. The minimum absolute atomic E-state index is 0.0893. The van der Waals surface area contributed by atoms with E-state index in [0.717, 1.165) is 16.3 Å². The average Bonchev–Trinajstić information content (AvgIpc) is 2.60. The fraction of sp³-hybridized carbons (Fsp3) is 0.0500. The Morgan fingerprint density at radius 2 is 1.74 bits per heavy atom. The van der Waals surface area contributed by atoms with Gasteiger partial charge in [-0.05, 0) is 40.6 Å². The molecule has 3 heteroatoms. The number of allylic oxidation sites excluding steroid dienone is 1. The lowest BCUT2D eigenvalue weighted by Gasteiger charge is -2.09. The molecule has 3 aromatic carbocycles. The summed E-state index contributed by atoms with van der Waals surface area (Å²) in [6.07, 6.45) is 3.34. The molecule has 0 saturated heterocycles. The van der Waals surface area contributed by atoms with Crippen molar-refractivity contribution in [3.8, 4) is 5.75 Å². The lowest BCUT2D eigenvalue weighted by molar-refractivity contribution is 0.104. The van der Waals surface area contributed by atoms with Gasteiger partial charge in [-0.2, -0.15) is 0 Å². The standard InChI is InChI=1S/C20H15ClO2/c1-23-19-13-9-15-4-2-3-5-17(15)20(19)18(22)12-8-14-6-10-16(21)11-7-14/h2-13H,1H3/b12-8+. The second-order valence-electron chi connectivity index (χ2n) is 5.11. The van der Waals surface area contributed by atoms with Crippen molar-refractivity contribution in [2.75, 3.05) is 7.11 Å². The molecule has 0 unspecified atom stereocenters. The molecule has 0 fully saturated rings. The van der Waals surface area contributed by atoms with Crippen molar-refractivity contribution in [2.24, 2.45) is 0 Å². The fourth-order valence-corrected chi connectivity index (χ4v) is 2.63. The summed E-state index contributed by atoms with van der Waals surface area (Å²) >= 11 is 5.87. The Hall–Kier alpha value is -2.58. The molecular weight excluding hydrogens is 308 g/mol. The molecule has 0 aliphatic rings. The monoisotopic (exact) mass is 322 g/mol. The van der Waals surface area contributed by atoms with E-state index in [9.17, 15) is 4.79 Å². The maximum absolute atomic E-state index is 12.7. The third-order valence-corrected chi connectivity index (χ3v) is 3.91. The SMILES string of the molecule is COc1ccc2ccccc2c1C(=O)/C=C/c1ccc(Cl)cc1. The quantitative estimate of drug-likeness (QED) is 0.475. The van der Waals surface area contributed by atoms with Crippen molar-refractivity contribution in [2.45, 2.75) is 0 Å². The van der Waals surface area contributed by atoms with Crippen molar-refractivity contribution < 1.29 is 9.53 Å². The average molecular weight is 323 g/mol. The second kappa shape index (κ2) is 6.67. The van der Waals surface area contributed by atoms with E-state index in [4.69, 9.17) is 16.3 Å². The predicted octanol–water partition coefficient (Wildman–Crippen LogP) is 5.40. The first kappa shape index (κ1) is 15.3. The van der Waals surface area contributed by atoms with Gasteiger partial charge in [-0.3, -0.25) is 4.79 Å². The van der Waals surface area contributed by atoms with Crippen molar-refractivity contribution in [3.63, 3.8) is 0 Å². The van der Waals surface area contributed by atoms with E-state index in [1.807, 2.05) is 48.5 Å². The lowest BCUT2D eigenvalue weighted by atomic mass is 9.99. The third kappa shape index (κ3) is 3.27. The van der Waals surface area contributed by atoms with Gasteiger partial charge in [0.05, 0.1) is 12.7 Å². The number of carbonyl (C=O) groups is 1. The first-order valence-electron chi connectivity index (χ1n) is 7.23. The molecule has 0 saturated carbocycles. The van der Waals surface area contributed by atoms with E-state index in [2.05, 4.69) is 0 Å². The molecule has 0 aromatic heterocycles. The van der Waals surface area contributed by atoms with Crippen molar-refractivity contribution >= 4 is 34.2 Å². The van der Waals surface area contributed by atoms with Crippen LogP contribution >= 0.6 is 11.6 Å². The van der Waals surface area contributed by atoms with Gasteiger partial charge in [-0.25, -0.2) is 0 Å². The Labute approximate surface area is 140 Å². The molecule has 3 aromatic rings. The van der Waals surface area contributed by atoms with Crippen molar-refractivity contribution in [3.05, 3.63) is 82.9 Å². The molecule has 2 nitrogen and oxygen atoms in total. The summed E-state index contributed by atoms with van der Waals surface area (Å²) in [4.78, 5) is 12.7. The molecule has 114 valence electrons. The molecule has 0 radical (unpaired) electrons. The lowest BCUT2D eigenvalue weighted by Crippen LogP contribution is -2.00. The smallest absolute Gasteiger partial charge is 0.190 e. The number of benzene rings is 3. The van der Waals surface area contributed by atoms with Gasteiger partial charge in [0.15, 0.2) is 5.78 Å². The largest absolute Gasteiger partial charge is 0.496 e. The van der Waals surface area contributed by atoms with Crippen LogP contribution in [0.5, 0.6) is 5.75 Å². The molecule has 0 aliphatic carbocycles. The zero-order valence-corrected chi connectivity index (χ0v) is 13.4. The number of hydrogen-bond acceptors (Lipinski definition) is 2. The van der Waals surface area contributed by atoms with Crippen LogP contribution in [-0.2, 0) is 0 Å². The number of fused-ring (bicyclic) bond motifs is 1. The molecule has 0 heterocycles. The summed E-state index contributed by atoms with van der Waals surface area (Å²) < 4.78 is 5.37. The first-order valence-corrected chi connectivity index (χ1v) is 7.60. The maximum atomic E-state index is 12.7.